The fourth-order valence-corrected chi connectivity index (χ4v) is 2.54. The molecule has 0 radical (unpaired) electrons. The first-order chi connectivity index (χ1) is 8.75. The van der Waals surface area contributed by atoms with Gasteiger partial charge in [-0.1, -0.05) is 29.8 Å². The summed E-state index contributed by atoms with van der Waals surface area (Å²) in [5, 5.41) is 3.38. The SMILES string of the molecule is Cc1cccc(C(N)CCCN2CCNCC2)c1. The highest BCUT2D eigenvalue weighted by molar-refractivity contribution is 5.24. The van der Waals surface area contributed by atoms with Gasteiger partial charge >= 0.3 is 0 Å². The van der Waals surface area contributed by atoms with Crippen molar-refractivity contribution < 1.29 is 0 Å². The van der Waals surface area contributed by atoms with E-state index in [2.05, 4.69) is 41.4 Å². The van der Waals surface area contributed by atoms with Crippen LogP contribution in [0.4, 0.5) is 0 Å². The van der Waals surface area contributed by atoms with Gasteiger partial charge in [0.1, 0.15) is 0 Å². The maximum absolute atomic E-state index is 6.25. The lowest BCUT2D eigenvalue weighted by molar-refractivity contribution is 0.235. The molecule has 1 aliphatic heterocycles. The van der Waals surface area contributed by atoms with Crippen molar-refractivity contribution in [1.82, 2.24) is 10.2 Å². The molecule has 1 atom stereocenters. The average Bonchev–Trinajstić information content (AvgIpc) is 2.40. The number of aryl methyl sites for hydroxylation is 1. The third-order valence-electron chi connectivity index (χ3n) is 3.67. The molecule has 0 saturated carbocycles. The van der Waals surface area contributed by atoms with Crippen molar-refractivity contribution in [2.24, 2.45) is 5.73 Å². The molecule has 1 unspecified atom stereocenters. The highest BCUT2D eigenvalue weighted by Gasteiger charge is 2.10. The second kappa shape index (κ2) is 6.88. The summed E-state index contributed by atoms with van der Waals surface area (Å²) in [6.45, 7) is 7.92. The van der Waals surface area contributed by atoms with Crippen LogP contribution < -0.4 is 11.1 Å². The van der Waals surface area contributed by atoms with Gasteiger partial charge in [0.15, 0.2) is 0 Å². The standard InChI is InChI=1S/C15H25N3/c1-13-4-2-5-14(12-13)15(16)6-3-9-18-10-7-17-8-11-18/h2,4-5,12,15,17H,3,6-11,16H2,1H3. The van der Waals surface area contributed by atoms with Gasteiger partial charge < -0.3 is 16.0 Å². The van der Waals surface area contributed by atoms with Crippen LogP contribution in [-0.2, 0) is 0 Å². The van der Waals surface area contributed by atoms with Crippen molar-refractivity contribution in [3.8, 4) is 0 Å². The van der Waals surface area contributed by atoms with Crippen LogP contribution in [0.15, 0.2) is 24.3 Å². The lowest BCUT2D eigenvalue weighted by Gasteiger charge is -2.27. The molecule has 2 rings (SSSR count). The fourth-order valence-electron chi connectivity index (χ4n) is 2.54. The van der Waals surface area contributed by atoms with Gasteiger partial charge in [0.25, 0.3) is 0 Å². The smallest absolute Gasteiger partial charge is 0.0295 e. The van der Waals surface area contributed by atoms with E-state index in [4.69, 9.17) is 5.73 Å². The number of rotatable bonds is 5. The third kappa shape index (κ3) is 4.09. The Bertz CT molecular complexity index is 359. The van der Waals surface area contributed by atoms with Crippen molar-refractivity contribution in [3.05, 3.63) is 35.4 Å². The predicted octanol–water partition coefficient (Wildman–Crippen LogP) is 1.68. The van der Waals surface area contributed by atoms with E-state index in [-0.39, 0.29) is 6.04 Å². The second-order valence-electron chi connectivity index (χ2n) is 5.25. The van der Waals surface area contributed by atoms with Gasteiger partial charge in [-0.25, -0.2) is 0 Å². The van der Waals surface area contributed by atoms with E-state index in [9.17, 15) is 0 Å². The molecular formula is C15H25N3. The summed E-state index contributed by atoms with van der Waals surface area (Å²) in [5.41, 5.74) is 8.82. The molecule has 100 valence electrons. The summed E-state index contributed by atoms with van der Waals surface area (Å²) < 4.78 is 0. The van der Waals surface area contributed by atoms with Crippen LogP contribution >= 0.6 is 0 Å². The predicted molar refractivity (Wildman–Crippen MR) is 76.7 cm³/mol. The number of hydrogen-bond donors (Lipinski definition) is 2. The molecule has 1 aromatic carbocycles. The Balaban J connectivity index is 1.72. The molecule has 1 aliphatic rings. The van der Waals surface area contributed by atoms with Crippen LogP contribution in [0.2, 0.25) is 0 Å². The summed E-state index contributed by atoms with van der Waals surface area (Å²) in [4.78, 5) is 2.53. The summed E-state index contributed by atoms with van der Waals surface area (Å²) in [6, 6.07) is 8.75. The highest BCUT2D eigenvalue weighted by Crippen LogP contribution is 2.17. The molecule has 3 N–H and O–H groups in total. The van der Waals surface area contributed by atoms with E-state index in [1.54, 1.807) is 0 Å². The highest BCUT2D eigenvalue weighted by atomic mass is 15.2. The van der Waals surface area contributed by atoms with Crippen molar-refractivity contribution in [1.29, 1.82) is 0 Å². The minimum Gasteiger partial charge on any atom is -0.324 e. The molecule has 0 aliphatic carbocycles. The first-order valence-electron chi connectivity index (χ1n) is 7.01. The molecule has 1 saturated heterocycles. The molecule has 1 heterocycles. The van der Waals surface area contributed by atoms with Crippen LogP contribution in [-0.4, -0.2) is 37.6 Å². The minimum absolute atomic E-state index is 0.188. The monoisotopic (exact) mass is 247 g/mol. The van der Waals surface area contributed by atoms with Crippen LogP contribution in [0.5, 0.6) is 0 Å². The first-order valence-corrected chi connectivity index (χ1v) is 7.01. The molecular weight excluding hydrogens is 222 g/mol. The van der Waals surface area contributed by atoms with E-state index < -0.39 is 0 Å². The van der Waals surface area contributed by atoms with Gasteiger partial charge in [-0.2, -0.15) is 0 Å². The summed E-state index contributed by atoms with van der Waals surface area (Å²) >= 11 is 0. The van der Waals surface area contributed by atoms with Gasteiger partial charge in [0, 0.05) is 32.2 Å². The van der Waals surface area contributed by atoms with Crippen molar-refractivity contribution in [3.63, 3.8) is 0 Å². The average molecular weight is 247 g/mol. The largest absolute Gasteiger partial charge is 0.324 e. The summed E-state index contributed by atoms with van der Waals surface area (Å²) in [5.74, 6) is 0. The molecule has 0 spiro atoms. The van der Waals surface area contributed by atoms with Gasteiger partial charge in [-0.15, -0.1) is 0 Å². The van der Waals surface area contributed by atoms with Crippen LogP contribution in [0, 0.1) is 6.92 Å². The quantitative estimate of drug-likeness (QED) is 0.832. The summed E-state index contributed by atoms with van der Waals surface area (Å²) in [6.07, 6.45) is 2.27. The van der Waals surface area contributed by atoms with Gasteiger partial charge in [-0.3, -0.25) is 0 Å². The Labute approximate surface area is 110 Å². The Morgan fingerprint density at radius 2 is 2.11 bits per heavy atom. The number of nitrogens with two attached hydrogens (primary N) is 1. The summed E-state index contributed by atoms with van der Waals surface area (Å²) in [7, 11) is 0. The molecule has 18 heavy (non-hydrogen) atoms. The zero-order valence-electron chi connectivity index (χ0n) is 11.4. The first kappa shape index (κ1) is 13.5. The van der Waals surface area contributed by atoms with Gasteiger partial charge in [-0.05, 0) is 31.9 Å². The maximum atomic E-state index is 6.25. The Morgan fingerprint density at radius 3 is 2.83 bits per heavy atom. The number of nitrogens with zero attached hydrogens (tertiary/aromatic N) is 1. The zero-order valence-corrected chi connectivity index (χ0v) is 11.4. The normalized spacial score (nSPS) is 18.8. The van der Waals surface area contributed by atoms with E-state index in [0.29, 0.717) is 0 Å². The number of hydrogen-bond acceptors (Lipinski definition) is 3. The molecule has 3 nitrogen and oxygen atoms in total. The second-order valence-corrected chi connectivity index (χ2v) is 5.25. The van der Waals surface area contributed by atoms with Crippen molar-refractivity contribution in [2.45, 2.75) is 25.8 Å². The van der Waals surface area contributed by atoms with Crippen LogP contribution in [0.1, 0.15) is 30.0 Å². The Morgan fingerprint density at radius 1 is 1.33 bits per heavy atom. The molecule has 0 bridgehead atoms. The van der Waals surface area contributed by atoms with Crippen LogP contribution in [0.3, 0.4) is 0 Å². The maximum Gasteiger partial charge on any atom is 0.0295 e. The number of nitrogens with one attached hydrogen (secondary N) is 1. The molecule has 0 aromatic heterocycles. The number of benzene rings is 1. The Kier molecular flexibility index (Phi) is 5.17. The van der Waals surface area contributed by atoms with E-state index >= 15 is 0 Å². The van der Waals surface area contributed by atoms with Gasteiger partial charge in [0.2, 0.25) is 0 Å². The topological polar surface area (TPSA) is 41.3 Å². The van der Waals surface area contributed by atoms with Crippen molar-refractivity contribution >= 4 is 0 Å². The van der Waals surface area contributed by atoms with E-state index in [1.807, 2.05) is 0 Å². The van der Waals surface area contributed by atoms with Crippen molar-refractivity contribution in [2.75, 3.05) is 32.7 Å². The third-order valence-corrected chi connectivity index (χ3v) is 3.67. The molecule has 1 aromatic rings. The molecule has 0 amide bonds. The van der Waals surface area contributed by atoms with E-state index in [1.165, 1.54) is 37.2 Å². The molecule has 1 fully saturated rings. The Hall–Kier alpha value is -0.900. The minimum atomic E-state index is 0.188. The van der Waals surface area contributed by atoms with Crippen LogP contribution in [0.25, 0.3) is 0 Å². The fraction of sp³-hybridized carbons (Fsp3) is 0.600. The zero-order chi connectivity index (χ0) is 12.8. The molecule has 3 heteroatoms. The number of piperazine rings is 1. The lowest BCUT2D eigenvalue weighted by atomic mass is 10.0. The lowest BCUT2D eigenvalue weighted by Crippen LogP contribution is -2.43. The van der Waals surface area contributed by atoms with Gasteiger partial charge in [0.05, 0.1) is 0 Å². The van der Waals surface area contributed by atoms with E-state index in [0.717, 1.165) is 19.5 Å².